The monoisotopic (exact) mass is 213 g/mol. The van der Waals surface area contributed by atoms with E-state index in [0.29, 0.717) is 0 Å². The van der Waals surface area contributed by atoms with Crippen molar-refractivity contribution < 1.29 is 23.9 Å². The standard InChI is InChI=1S/C9H11NO5/c1-2-14-8(12)10-9(13)15-7-4-3-6(11)5-7/h3-4,7H,2,5H2,1H3,(H,10,12,13). The Kier molecular flexibility index (Phi) is 3.84. The summed E-state index contributed by atoms with van der Waals surface area (Å²) in [6, 6.07) is 0. The number of ether oxygens (including phenoxy) is 2. The molecule has 6 heteroatoms. The number of hydrogen-bond donors (Lipinski definition) is 1. The predicted octanol–water partition coefficient (Wildman–Crippen LogP) is 0.767. The van der Waals surface area contributed by atoms with Crippen molar-refractivity contribution in [2.75, 3.05) is 6.61 Å². The number of rotatable bonds is 2. The van der Waals surface area contributed by atoms with Crippen molar-refractivity contribution in [2.24, 2.45) is 0 Å². The van der Waals surface area contributed by atoms with Gasteiger partial charge >= 0.3 is 12.2 Å². The van der Waals surface area contributed by atoms with E-state index in [1.807, 2.05) is 5.32 Å². The van der Waals surface area contributed by atoms with Gasteiger partial charge in [0.2, 0.25) is 0 Å². The van der Waals surface area contributed by atoms with E-state index in [-0.39, 0.29) is 18.8 Å². The molecule has 1 unspecified atom stereocenters. The van der Waals surface area contributed by atoms with Crippen LogP contribution in [0.1, 0.15) is 13.3 Å². The van der Waals surface area contributed by atoms with Crippen LogP contribution in [-0.4, -0.2) is 30.7 Å². The van der Waals surface area contributed by atoms with E-state index in [0.717, 1.165) is 0 Å². The van der Waals surface area contributed by atoms with Gasteiger partial charge in [-0.25, -0.2) is 14.9 Å². The third-order valence-corrected chi connectivity index (χ3v) is 1.64. The number of ketones is 1. The Hall–Kier alpha value is -1.85. The van der Waals surface area contributed by atoms with Gasteiger partial charge in [-0.15, -0.1) is 0 Å². The normalized spacial score (nSPS) is 18.7. The summed E-state index contributed by atoms with van der Waals surface area (Å²) >= 11 is 0. The van der Waals surface area contributed by atoms with E-state index in [9.17, 15) is 14.4 Å². The number of carbonyl (C=O) groups excluding carboxylic acids is 3. The molecule has 0 aliphatic heterocycles. The second-order valence-electron chi connectivity index (χ2n) is 2.82. The highest BCUT2D eigenvalue weighted by Gasteiger charge is 2.20. The van der Waals surface area contributed by atoms with Crippen LogP contribution in [0.2, 0.25) is 0 Å². The van der Waals surface area contributed by atoms with Gasteiger partial charge in [0.1, 0.15) is 6.10 Å². The second kappa shape index (κ2) is 5.14. The molecule has 0 bridgehead atoms. The fourth-order valence-electron chi connectivity index (χ4n) is 1.05. The molecule has 0 saturated heterocycles. The summed E-state index contributed by atoms with van der Waals surface area (Å²) in [7, 11) is 0. The number of amides is 2. The van der Waals surface area contributed by atoms with Crippen LogP contribution in [0.25, 0.3) is 0 Å². The first-order valence-electron chi connectivity index (χ1n) is 4.47. The number of hydrogen-bond acceptors (Lipinski definition) is 5. The molecular formula is C9H11NO5. The zero-order valence-corrected chi connectivity index (χ0v) is 8.19. The van der Waals surface area contributed by atoms with E-state index in [2.05, 4.69) is 4.74 Å². The molecular weight excluding hydrogens is 202 g/mol. The van der Waals surface area contributed by atoms with Gasteiger partial charge in [0.05, 0.1) is 13.0 Å². The molecule has 0 fully saturated rings. The van der Waals surface area contributed by atoms with Gasteiger partial charge in [-0.3, -0.25) is 4.79 Å². The third kappa shape index (κ3) is 3.80. The maximum absolute atomic E-state index is 11.0. The minimum absolute atomic E-state index is 0.107. The number of nitrogens with one attached hydrogen (secondary N) is 1. The fraction of sp³-hybridized carbons (Fsp3) is 0.444. The maximum atomic E-state index is 11.0. The zero-order valence-electron chi connectivity index (χ0n) is 8.19. The first kappa shape index (κ1) is 11.2. The molecule has 0 aromatic carbocycles. The highest BCUT2D eigenvalue weighted by atomic mass is 16.6. The van der Waals surface area contributed by atoms with Gasteiger partial charge in [0.15, 0.2) is 5.78 Å². The van der Waals surface area contributed by atoms with Crippen LogP contribution in [0.5, 0.6) is 0 Å². The smallest absolute Gasteiger partial charge is 0.417 e. The Balaban J connectivity index is 2.27. The lowest BCUT2D eigenvalue weighted by molar-refractivity contribution is -0.114. The zero-order chi connectivity index (χ0) is 11.3. The van der Waals surface area contributed by atoms with Gasteiger partial charge < -0.3 is 9.47 Å². The number of allylic oxidation sites excluding steroid dienone is 1. The van der Waals surface area contributed by atoms with Crippen LogP contribution in [-0.2, 0) is 14.3 Å². The SMILES string of the molecule is CCOC(=O)NC(=O)OC1C=CC(=O)C1. The number of carbonyl (C=O) groups is 3. The molecule has 0 spiro atoms. The molecule has 6 nitrogen and oxygen atoms in total. The average molecular weight is 213 g/mol. The van der Waals surface area contributed by atoms with Crippen molar-refractivity contribution in [3.8, 4) is 0 Å². The van der Waals surface area contributed by atoms with Crippen molar-refractivity contribution >= 4 is 18.0 Å². The second-order valence-corrected chi connectivity index (χ2v) is 2.82. The molecule has 1 rings (SSSR count). The summed E-state index contributed by atoms with van der Waals surface area (Å²) in [5.74, 6) is -0.107. The number of alkyl carbamates (subject to hydrolysis) is 2. The fourth-order valence-corrected chi connectivity index (χ4v) is 1.05. The van der Waals surface area contributed by atoms with Crippen LogP contribution in [0.15, 0.2) is 12.2 Å². The first-order chi connectivity index (χ1) is 7.11. The van der Waals surface area contributed by atoms with Gasteiger partial charge in [-0.1, -0.05) is 0 Å². The quantitative estimate of drug-likeness (QED) is 0.732. The lowest BCUT2D eigenvalue weighted by atomic mass is 10.3. The first-order valence-corrected chi connectivity index (χ1v) is 4.47. The lowest BCUT2D eigenvalue weighted by Gasteiger charge is -2.09. The maximum Gasteiger partial charge on any atom is 0.417 e. The Morgan fingerprint density at radius 3 is 2.80 bits per heavy atom. The van der Waals surface area contributed by atoms with Crippen LogP contribution in [0.3, 0.4) is 0 Å². The van der Waals surface area contributed by atoms with Crippen LogP contribution >= 0.6 is 0 Å². The van der Waals surface area contributed by atoms with E-state index in [1.165, 1.54) is 12.2 Å². The van der Waals surface area contributed by atoms with Crippen molar-refractivity contribution in [3.63, 3.8) is 0 Å². The molecule has 1 atom stereocenters. The lowest BCUT2D eigenvalue weighted by Crippen LogP contribution is -2.33. The Labute approximate surface area is 86.2 Å². The molecule has 2 amide bonds. The summed E-state index contributed by atoms with van der Waals surface area (Å²) in [6.45, 7) is 1.78. The highest BCUT2D eigenvalue weighted by molar-refractivity contribution is 5.93. The molecule has 15 heavy (non-hydrogen) atoms. The Morgan fingerprint density at radius 2 is 2.27 bits per heavy atom. The van der Waals surface area contributed by atoms with Crippen molar-refractivity contribution in [1.82, 2.24) is 5.32 Å². The number of imide groups is 1. The van der Waals surface area contributed by atoms with Crippen LogP contribution in [0, 0.1) is 0 Å². The minimum Gasteiger partial charge on any atom is -0.449 e. The molecule has 1 N–H and O–H groups in total. The van der Waals surface area contributed by atoms with E-state index < -0.39 is 18.3 Å². The molecule has 82 valence electrons. The summed E-state index contributed by atoms with van der Waals surface area (Å²) in [5, 5.41) is 1.86. The average Bonchev–Trinajstić information content (AvgIpc) is 2.51. The minimum atomic E-state index is -0.919. The van der Waals surface area contributed by atoms with Crippen molar-refractivity contribution in [1.29, 1.82) is 0 Å². The van der Waals surface area contributed by atoms with E-state index >= 15 is 0 Å². The van der Waals surface area contributed by atoms with Crippen molar-refractivity contribution in [3.05, 3.63) is 12.2 Å². The largest absolute Gasteiger partial charge is 0.449 e. The molecule has 0 aromatic rings. The summed E-state index contributed by atoms with van der Waals surface area (Å²) in [6.07, 6.45) is 0.548. The van der Waals surface area contributed by atoms with Crippen LogP contribution < -0.4 is 5.32 Å². The van der Waals surface area contributed by atoms with Crippen LogP contribution in [0.4, 0.5) is 9.59 Å². The molecule has 0 heterocycles. The molecule has 0 saturated carbocycles. The van der Waals surface area contributed by atoms with E-state index in [4.69, 9.17) is 4.74 Å². The van der Waals surface area contributed by atoms with Gasteiger partial charge in [-0.2, -0.15) is 0 Å². The van der Waals surface area contributed by atoms with Gasteiger partial charge in [0.25, 0.3) is 0 Å². The predicted molar refractivity (Wildman–Crippen MR) is 49.2 cm³/mol. The highest BCUT2D eigenvalue weighted by Crippen LogP contribution is 2.09. The Morgan fingerprint density at radius 1 is 1.53 bits per heavy atom. The molecule has 1 aliphatic carbocycles. The van der Waals surface area contributed by atoms with E-state index in [1.54, 1.807) is 6.92 Å². The topological polar surface area (TPSA) is 81.7 Å². The van der Waals surface area contributed by atoms with Gasteiger partial charge in [0, 0.05) is 0 Å². The summed E-state index contributed by atoms with van der Waals surface area (Å²) in [5.41, 5.74) is 0. The summed E-state index contributed by atoms with van der Waals surface area (Å²) in [4.78, 5) is 32.6. The Bertz CT molecular complexity index is 310. The van der Waals surface area contributed by atoms with Gasteiger partial charge in [-0.05, 0) is 19.1 Å². The third-order valence-electron chi connectivity index (χ3n) is 1.64. The summed E-state index contributed by atoms with van der Waals surface area (Å²) < 4.78 is 9.20. The molecule has 0 aromatic heterocycles. The molecule has 0 radical (unpaired) electrons. The van der Waals surface area contributed by atoms with Crippen molar-refractivity contribution in [2.45, 2.75) is 19.4 Å². The molecule has 1 aliphatic rings.